The van der Waals surface area contributed by atoms with E-state index in [0.29, 0.717) is 24.2 Å². The lowest BCUT2D eigenvalue weighted by atomic mass is 10.0. The predicted octanol–water partition coefficient (Wildman–Crippen LogP) is 3.64. The molecule has 2 aromatic rings. The highest BCUT2D eigenvalue weighted by atomic mass is 16.5. The standard InChI is InChI=1S/C22H24N2O3/c1-2-15-8-10-17(11-9-15)23-21(25)19-7-3-5-16-13-24(22(26)20(16)19)14-18-6-4-12-27-18/h3,5,7-11,18H,2,4,6,12-14H2,1H3,(H,23,25). The predicted molar refractivity (Wildman–Crippen MR) is 104 cm³/mol. The van der Waals surface area contributed by atoms with Crippen LogP contribution in [0.15, 0.2) is 42.5 Å². The number of hydrogen-bond acceptors (Lipinski definition) is 3. The van der Waals surface area contributed by atoms with Gasteiger partial charge in [0, 0.05) is 25.4 Å². The summed E-state index contributed by atoms with van der Waals surface area (Å²) in [6, 6.07) is 13.3. The van der Waals surface area contributed by atoms with Gasteiger partial charge < -0.3 is 15.0 Å². The summed E-state index contributed by atoms with van der Waals surface area (Å²) >= 11 is 0. The molecule has 5 nitrogen and oxygen atoms in total. The second-order valence-electron chi connectivity index (χ2n) is 7.17. The third kappa shape index (κ3) is 3.60. The molecule has 0 aromatic heterocycles. The van der Waals surface area contributed by atoms with Crippen molar-refractivity contribution in [3.8, 4) is 0 Å². The minimum atomic E-state index is -0.247. The quantitative estimate of drug-likeness (QED) is 0.881. The first-order chi connectivity index (χ1) is 13.2. The Morgan fingerprint density at radius 3 is 2.74 bits per heavy atom. The van der Waals surface area contributed by atoms with Gasteiger partial charge in [-0.15, -0.1) is 0 Å². The van der Waals surface area contributed by atoms with Gasteiger partial charge >= 0.3 is 0 Å². The number of nitrogens with zero attached hydrogens (tertiary/aromatic N) is 1. The van der Waals surface area contributed by atoms with Crippen molar-refractivity contribution in [1.29, 1.82) is 0 Å². The molecule has 2 aromatic carbocycles. The average Bonchev–Trinajstić information content (AvgIpc) is 3.31. The van der Waals surface area contributed by atoms with Gasteiger partial charge in [-0.3, -0.25) is 9.59 Å². The van der Waals surface area contributed by atoms with Crippen LogP contribution in [0.1, 0.15) is 51.6 Å². The SMILES string of the molecule is CCc1ccc(NC(=O)c2cccc3c2C(=O)N(CC2CCCO2)C3)cc1. The zero-order valence-corrected chi connectivity index (χ0v) is 15.5. The molecule has 1 unspecified atom stereocenters. The highest BCUT2D eigenvalue weighted by Crippen LogP contribution is 2.28. The fraction of sp³-hybridized carbons (Fsp3) is 0.364. The maximum Gasteiger partial charge on any atom is 0.256 e. The summed E-state index contributed by atoms with van der Waals surface area (Å²) in [5.41, 5.74) is 3.82. The lowest BCUT2D eigenvalue weighted by Crippen LogP contribution is -2.32. The van der Waals surface area contributed by atoms with E-state index in [2.05, 4.69) is 12.2 Å². The first kappa shape index (κ1) is 17.7. The summed E-state index contributed by atoms with van der Waals surface area (Å²) in [7, 11) is 0. The molecular weight excluding hydrogens is 340 g/mol. The number of carbonyl (C=O) groups excluding carboxylic acids is 2. The summed E-state index contributed by atoms with van der Waals surface area (Å²) in [6.45, 7) is 3.99. The molecule has 0 aliphatic carbocycles. The van der Waals surface area contributed by atoms with E-state index in [0.717, 1.165) is 37.1 Å². The first-order valence-corrected chi connectivity index (χ1v) is 9.58. The number of ether oxygens (including phenoxy) is 1. The first-order valence-electron chi connectivity index (χ1n) is 9.58. The van der Waals surface area contributed by atoms with Crippen molar-refractivity contribution in [2.75, 3.05) is 18.5 Å². The third-order valence-corrected chi connectivity index (χ3v) is 5.33. The lowest BCUT2D eigenvalue weighted by molar-refractivity contribution is 0.0544. The summed E-state index contributed by atoms with van der Waals surface area (Å²) in [5, 5.41) is 2.91. The third-order valence-electron chi connectivity index (χ3n) is 5.33. The average molecular weight is 364 g/mol. The number of carbonyl (C=O) groups is 2. The fourth-order valence-electron chi connectivity index (χ4n) is 3.81. The molecule has 1 N–H and O–H groups in total. The molecule has 0 radical (unpaired) electrons. The Labute approximate surface area is 159 Å². The molecule has 1 saturated heterocycles. The van der Waals surface area contributed by atoms with Crippen molar-refractivity contribution in [2.45, 2.75) is 38.8 Å². The molecule has 5 heteroatoms. The van der Waals surface area contributed by atoms with Crippen LogP contribution in [0.2, 0.25) is 0 Å². The molecule has 2 aliphatic rings. The topological polar surface area (TPSA) is 58.6 Å². The molecular formula is C22H24N2O3. The minimum absolute atomic E-state index is 0.0763. The van der Waals surface area contributed by atoms with Gasteiger partial charge in [0.1, 0.15) is 0 Å². The maximum absolute atomic E-state index is 12.9. The number of rotatable bonds is 5. The van der Waals surface area contributed by atoms with E-state index >= 15 is 0 Å². The Morgan fingerprint density at radius 2 is 2.04 bits per heavy atom. The molecule has 4 rings (SSSR count). The van der Waals surface area contributed by atoms with Crippen LogP contribution in [-0.4, -0.2) is 36.0 Å². The lowest BCUT2D eigenvalue weighted by Gasteiger charge is -2.19. The van der Waals surface area contributed by atoms with E-state index in [9.17, 15) is 9.59 Å². The minimum Gasteiger partial charge on any atom is -0.376 e. The van der Waals surface area contributed by atoms with E-state index in [1.54, 1.807) is 11.0 Å². The van der Waals surface area contributed by atoms with Crippen molar-refractivity contribution in [1.82, 2.24) is 4.90 Å². The second-order valence-corrected chi connectivity index (χ2v) is 7.17. The van der Waals surface area contributed by atoms with Gasteiger partial charge in [0.2, 0.25) is 0 Å². The van der Waals surface area contributed by atoms with Crippen LogP contribution in [-0.2, 0) is 17.7 Å². The number of fused-ring (bicyclic) bond motifs is 1. The monoisotopic (exact) mass is 364 g/mol. The van der Waals surface area contributed by atoms with E-state index in [4.69, 9.17) is 4.74 Å². The molecule has 0 spiro atoms. The smallest absolute Gasteiger partial charge is 0.256 e. The Kier molecular flexibility index (Phi) is 4.94. The van der Waals surface area contributed by atoms with Crippen LogP contribution >= 0.6 is 0 Å². The Morgan fingerprint density at radius 1 is 1.22 bits per heavy atom. The van der Waals surface area contributed by atoms with Crippen molar-refractivity contribution in [3.05, 3.63) is 64.7 Å². The summed E-state index contributed by atoms with van der Waals surface area (Å²) in [5.74, 6) is -0.323. The fourth-order valence-corrected chi connectivity index (χ4v) is 3.81. The van der Waals surface area contributed by atoms with E-state index < -0.39 is 0 Å². The van der Waals surface area contributed by atoms with Gasteiger partial charge in [-0.2, -0.15) is 0 Å². The number of anilines is 1. The molecule has 0 saturated carbocycles. The molecule has 1 fully saturated rings. The van der Waals surface area contributed by atoms with Crippen LogP contribution in [0.4, 0.5) is 5.69 Å². The van der Waals surface area contributed by atoms with E-state index in [1.807, 2.05) is 36.4 Å². The van der Waals surface area contributed by atoms with Gasteiger partial charge in [0.25, 0.3) is 11.8 Å². The Bertz CT molecular complexity index is 854. The molecule has 2 aliphatic heterocycles. The number of amides is 2. The highest BCUT2D eigenvalue weighted by molar-refractivity contribution is 6.13. The molecule has 140 valence electrons. The van der Waals surface area contributed by atoms with Crippen molar-refractivity contribution >= 4 is 17.5 Å². The number of nitrogens with one attached hydrogen (secondary N) is 1. The zero-order valence-electron chi connectivity index (χ0n) is 15.5. The van der Waals surface area contributed by atoms with Crippen LogP contribution in [0.25, 0.3) is 0 Å². The zero-order chi connectivity index (χ0) is 18.8. The second kappa shape index (κ2) is 7.53. The number of aryl methyl sites for hydroxylation is 1. The van der Waals surface area contributed by atoms with Gasteiger partial charge in [0.05, 0.1) is 17.2 Å². The van der Waals surface area contributed by atoms with Crippen molar-refractivity contribution in [2.24, 2.45) is 0 Å². The van der Waals surface area contributed by atoms with Crippen molar-refractivity contribution < 1.29 is 14.3 Å². The number of benzene rings is 2. The normalized spacial score (nSPS) is 18.6. The summed E-state index contributed by atoms with van der Waals surface area (Å²) in [4.78, 5) is 27.6. The van der Waals surface area contributed by atoms with Crippen LogP contribution in [0, 0.1) is 0 Å². The van der Waals surface area contributed by atoms with Crippen LogP contribution in [0.3, 0.4) is 0 Å². The van der Waals surface area contributed by atoms with Crippen LogP contribution in [0.5, 0.6) is 0 Å². The molecule has 2 amide bonds. The molecule has 27 heavy (non-hydrogen) atoms. The van der Waals surface area contributed by atoms with Gasteiger partial charge in [-0.25, -0.2) is 0 Å². The molecule has 2 heterocycles. The molecule has 1 atom stereocenters. The molecule has 0 bridgehead atoms. The Hall–Kier alpha value is -2.66. The van der Waals surface area contributed by atoms with Crippen molar-refractivity contribution in [3.63, 3.8) is 0 Å². The van der Waals surface area contributed by atoms with Gasteiger partial charge in [0.15, 0.2) is 0 Å². The van der Waals surface area contributed by atoms with Gasteiger partial charge in [-0.1, -0.05) is 31.2 Å². The van der Waals surface area contributed by atoms with E-state index in [-0.39, 0.29) is 17.9 Å². The highest BCUT2D eigenvalue weighted by Gasteiger charge is 2.33. The largest absolute Gasteiger partial charge is 0.376 e. The van der Waals surface area contributed by atoms with Gasteiger partial charge in [-0.05, 0) is 48.6 Å². The van der Waals surface area contributed by atoms with Crippen LogP contribution < -0.4 is 5.32 Å². The Balaban J connectivity index is 1.52. The van der Waals surface area contributed by atoms with E-state index in [1.165, 1.54) is 5.56 Å². The summed E-state index contributed by atoms with van der Waals surface area (Å²) < 4.78 is 5.66. The maximum atomic E-state index is 12.9. The summed E-state index contributed by atoms with van der Waals surface area (Å²) in [6.07, 6.45) is 3.10. The number of hydrogen-bond donors (Lipinski definition) is 1.